The van der Waals surface area contributed by atoms with Gasteiger partial charge in [-0.25, -0.2) is 13.4 Å². The van der Waals surface area contributed by atoms with Crippen molar-refractivity contribution in [3.05, 3.63) is 24.5 Å². The first kappa shape index (κ1) is 25.5. The molecule has 3 N–H and O–H groups in total. The van der Waals surface area contributed by atoms with Gasteiger partial charge in [-0.05, 0) is 38.8 Å². The highest BCUT2D eigenvalue weighted by Crippen LogP contribution is 2.33. The molecule has 0 atom stereocenters. The Kier molecular flexibility index (Phi) is 7.38. The van der Waals surface area contributed by atoms with Gasteiger partial charge >= 0.3 is 0 Å². The summed E-state index contributed by atoms with van der Waals surface area (Å²) in [6.07, 6.45) is 7.64. The summed E-state index contributed by atoms with van der Waals surface area (Å²) in [4.78, 5) is 19.1. The fourth-order valence-electron chi connectivity index (χ4n) is 5.03. The third kappa shape index (κ3) is 5.45. The predicted molar refractivity (Wildman–Crippen MR) is 146 cm³/mol. The van der Waals surface area contributed by atoms with Gasteiger partial charge in [-0.2, -0.15) is 14.3 Å². The molecule has 0 spiro atoms. The Labute approximate surface area is 218 Å². The molecular weight excluding hydrogens is 492 g/mol. The summed E-state index contributed by atoms with van der Waals surface area (Å²) >= 11 is 0. The predicted octanol–water partition coefficient (Wildman–Crippen LogP) is 3.71. The number of H-pyrrole nitrogens is 1. The summed E-state index contributed by atoms with van der Waals surface area (Å²) in [5.74, 6) is 1.84. The van der Waals surface area contributed by atoms with E-state index in [1.54, 1.807) is 31.6 Å². The van der Waals surface area contributed by atoms with Crippen molar-refractivity contribution in [3.63, 3.8) is 0 Å². The lowest BCUT2D eigenvalue weighted by Crippen LogP contribution is -2.50. The summed E-state index contributed by atoms with van der Waals surface area (Å²) in [5, 5.41) is 6.48. The number of hydrogen-bond donors (Lipinski definition) is 3. The van der Waals surface area contributed by atoms with E-state index < -0.39 is 15.3 Å². The third-order valence-corrected chi connectivity index (χ3v) is 9.49. The Morgan fingerprint density at radius 2 is 1.84 bits per heavy atom. The highest BCUT2D eigenvalue weighted by atomic mass is 32.2. The van der Waals surface area contributed by atoms with Crippen LogP contribution in [-0.2, 0) is 10.0 Å². The van der Waals surface area contributed by atoms with Crippen LogP contribution < -0.4 is 20.3 Å². The number of anilines is 4. The molecule has 11 nitrogen and oxygen atoms in total. The Hall–Kier alpha value is -3.12. The maximum atomic E-state index is 12.5. The van der Waals surface area contributed by atoms with Crippen molar-refractivity contribution in [2.45, 2.75) is 57.2 Å². The lowest BCUT2D eigenvalue weighted by Gasteiger charge is -2.36. The standard InChI is InChI=1S/C25H36N8O3S/c1-17(2)37(34,35)33-13-11-32(12-14-33)19-9-10-20(21(15-19)36-3)29-25-30-23-22(26-16-27-23)24(31-25)28-18-7-5-4-6-8-18/h9-10,15-18H,4-8,11-14H2,1-3H3,(H3,26,27,28,29,30,31). The summed E-state index contributed by atoms with van der Waals surface area (Å²) in [5.41, 5.74) is 3.13. The van der Waals surface area contributed by atoms with E-state index >= 15 is 0 Å². The fraction of sp³-hybridized carbons (Fsp3) is 0.560. The van der Waals surface area contributed by atoms with Crippen LogP contribution in [0.3, 0.4) is 0 Å². The molecule has 1 aliphatic carbocycles. The van der Waals surface area contributed by atoms with Gasteiger partial charge in [0.2, 0.25) is 16.0 Å². The van der Waals surface area contributed by atoms with E-state index in [2.05, 4.69) is 30.5 Å². The van der Waals surface area contributed by atoms with E-state index in [9.17, 15) is 8.42 Å². The summed E-state index contributed by atoms with van der Waals surface area (Å²) < 4.78 is 32.3. The summed E-state index contributed by atoms with van der Waals surface area (Å²) in [7, 11) is -1.61. The van der Waals surface area contributed by atoms with Gasteiger partial charge in [0.05, 0.1) is 24.4 Å². The van der Waals surface area contributed by atoms with Gasteiger partial charge in [-0.1, -0.05) is 19.3 Å². The molecule has 12 heteroatoms. The SMILES string of the molecule is COc1cc(N2CCN(S(=O)(=O)C(C)C)CC2)ccc1Nc1nc(NC2CCCCC2)c2nc[nH]c2n1. The normalized spacial score (nSPS) is 17.9. The van der Waals surface area contributed by atoms with Crippen molar-refractivity contribution in [2.24, 2.45) is 0 Å². The number of hydrogen-bond acceptors (Lipinski definition) is 9. The van der Waals surface area contributed by atoms with Crippen LogP contribution in [0.5, 0.6) is 5.75 Å². The van der Waals surface area contributed by atoms with Gasteiger partial charge in [0, 0.05) is 44.0 Å². The molecule has 0 unspecified atom stereocenters. The Morgan fingerprint density at radius 3 is 2.54 bits per heavy atom. The molecule has 2 fully saturated rings. The number of aromatic amines is 1. The number of nitrogens with zero attached hydrogens (tertiary/aromatic N) is 5. The topological polar surface area (TPSA) is 128 Å². The number of benzene rings is 1. The van der Waals surface area contributed by atoms with E-state index in [0.717, 1.165) is 35.6 Å². The van der Waals surface area contributed by atoms with Gasteiger partial charge in [0.1, 0.15) is 11.3 Å². The van der Waals surface area contributed by atoms with E-state index in [1.165, 1.54) is 19.3 Å². The highest BCUT2D eigenvalue weighted by molar-refractivity contribution is 7.89. The minimum atomic E-state index is -3.24. The minimum Gasteiger partial charge on any atom is -0.494 e. The fourth-order valence-corrected chi connectivity index (χ4v) is 6.30. The Morgan fingerprint density at radius 1 is 1.08 bits per heavy atom. The van der Waals surface area contributed by atoms with Crippen LogP contribution in [0.25, 0.3) is 11.2 Å². The van der Waals surface area contributed by atoms with Crippen LogP contribution in [0.4, 0.5) is 23.1 Å². The number of ether oxygens (including phenoxy) is 1. The van der Waals surface area contributed by atoms with Gasteiger partial charge in [-0.15, -0.1) is 0 Å². The van der Waals surface area contributed by atoms with Crippen molar-refractivity contribution in [3.8, 4) is 5.75 Å². The lowest BCUT2D eigenvalue weighted by molar-refractivity contribution is 0.380. The monoisotopic (exact) mass is 528 g/mol. The highest BCUT2D eigenvalue weighted by Gasteiger charge is 2.29. The number of methoxy groups -OCH3 is 1. The average molecular weight is 529 g/mol. The van der Waals surface area contributed by atoms with Crippen molar-refractivity contribution in [1.29, 1.82) is 0 Å². The summed E-state index contributed by atoms with van der Waals surface area (Å²) in [6, 6.07) is 6.31. The van der Waals surface area contributed by atoms with Crippen molar-refractivity contribution in [1.82, 2.24) is 24.2 Å². The average Bonchev–Trinajstić information content (AvgIpc) is 3.38. The van der Waals surface area contributed by atoms with Crippen LogP contribution in [0, 0.1) is 0 Å². The van der Waals surface area contributed by atoms with Gasteiger partial charge in [-0.3, -0.25) is 0 Å². The van der Waals surface area contributed by atoms with Gasteiger partial charge in [0.15, 0.2) is 11.5 Å². The molecule has 3 aromatic rings. The molecule has 37 heavy (non-hydrogen) atoms. The minimum absolute atomic E-state index is 0.390. The largest absolute Gasteiger partial charge is 0.494 e. The number of rotatable bonds is 8. The number of piperazine rings is 1. The van der Waals surface area contributed by atoms with E-state index in [-0.39, 0.29) is 0 Å². The van der Waals surface area contributed by atoms with Crippen LogP contribution in [-0.4, -0.2) is 77.2 Å². The van der Waals surface area contributed by atoms with Crippen molar-refractivity contribution < 1.29 is 13.2 Å². The van der Waals surface area contributed by atoms with Crippen LogP contribution >= 0.6 is 0 Å². The van der Waals surface area contributed by atoms with E-state index in [4.69, 9.17) is 9.72 Å². The molecule has 0 amide bonds. The second-order valence-electron chi connectivity index (χ2n) is 9.96. The lowest BCUT2D eigenvalue weighted by atomic mass is 9.95. The van der Waals surface area contributed by atoms with E-state index in [1.807, 2.05) is 18.2 Å². The zero-order chi connectivity index (χ0) is 26.0. The molecule has 0 radical (unpaired) electrons. The number of fused-ring (bicyclic) bond motifs is 1. The van der Waals surface area contributed by atoms with Crippen LogP contribution in [0.1, 0.15) is 46.0 Å². The van der Waals surface area contributed by atoms with Gasteiger partial charge in [0.25, 0.3) is 0 Å². The molecule has 1 aromatic carbocycles. The molecule has 5 rings (SSSR count). The zero-order valence-corrected chi connectivity index (χ0v) is 22.5. The van der Waals surface area contributed by atoms with Crippen molar-refractivity contribution in [2.75, 3.05) is 48.8 Å². The van der Waals surface area contributed by atoms with Crippen LogP contribution in [0.2, 0.25) is 0 Å². The second-order valence-corrected chi connectivity index (χ2v) is 12.5. The maximum Gasteiger partial charge on any atom is 0.231 e. The second kappa shape index (κ2) is 10.7. The number of aromatic nitrogens is 4. The molecular formula is C25H36N8O3S. The van der Waals surface area contributed by atoms with Gasteiger partial charge < -0.3 is 25.3 Å². The quantitative estimate of drug-likeness (QED) is 0.401. The number of imidazole rings is 1. The molecule has 1 saturated carbocycles. The zero-order valence-electron chi connectivity index (χ0n) is 21.7. The molecule has 200 valence electrons. The summed E-state index contributed by atoms with van der Waals surface area (Å²) in [6.45, 7) is 5.63. The number of sulfonamides is 1. The Bertz CT molecular complexity index is 1330. The first-order valence-electron chi connectivity index (χ1n) is 13.0. The molecule has 3 heterocycles. The van der Waals surface area contributed by atoms with E-state index in [0.29, 0.717) is 49.6 Å². The third-order valence-electron chi connectivity index (χ3n) is 7.22. The first-order chi connectivity index (χ1) is 17.8. The maximum absolute atomic E-state index is 12.5. The van der Waals surface area contributed by atoms with Crippen LogP contribution in [0.15, 0.2) is 24.5 Å². The molecule has 1 aliphatic heterocycles. The molecule has 2 aliphatic rings. The molecule has 0 bridgehead atoms. The molecule has 1 saturated heterocycles. The van der Waals surface area contributed by atoms with Crippen molar-refractivity contribution >= 4 is 44.3 Å². The molecule has 2 aromatic heterocycles. The first-order valence-corrected chi connectivity index (χ1v) is 14.5. The Balaban J connectivity index is 1.32. The smallest absolute Gasteiger partial charge is 0.231 e. The number of nitrogens with one attached hydrogen (secondary N) is 3.